The molecule has 0 saturated heterocycles. The van der Waals surface area contributed by atoms with E-state index in [9.17, 15) is 9.59 Å². The van der Waals surface area contributed by atoms with E-state index in [-0.39, 0.29) is 12.5 Å². The number of esters is 1. The SMILES string of the molecule is CCCCOC(=O)C(CCSC)NC(=O)OCCCl. The van der Waals surface area contributed by atoms with E-state index in [1.54, 1.807) is 11.8 Å². The van der Waals surface area contributed by atoms with Gasteiger partial charge in [0.2, 0.25) is 0 Å². The normalized spacial score (nSPS) is 11.7. The van der Waals surface area contributed by atoms with Crippen LogP contribution in [0.5, 0.6) is 0 Å². The van der Waals surface area contributed by atoms with Gasteiger partial charge in [-0.1, -0.05) is 13.3 Å². The number of nitrogens with one attached hydrogen (secondary N) is 1. The first kappa shape index (κ1) is 18.4. The lowest BCUT2D eigenvalue weighted by molar-refractivity contribution is -0.146. The van der Waals surface area contributed by atoms with Crippen LogP contribution >= 0.6 is 23.4 Å². The highest BCUT2D eigenvalue weighted by atomic mass is 35.5. The quantitative estimate of drug-likeness (QED) is 0.381. The van der Waals surface area contributed by atoms with Crippen molar-refractivity contribution in [1.82, 2.24) is 5.32 Å². The van der Waals surface area contributed by atoms with Gasteiger partial charge in [-0.2, -0.15) is 11.8 Å². The van der Waals surface area contributed by atoms with Gasteiger partial charge in [-0.05, 0) is 24.9 Å². The fourth-order valence-corrected chi connectivity index (χ4v) is 1.77. The lowest BCUT2D eigenvalue weighted by Gasteiger charge is -2.17. The number of alkyl halides is 1. The van der Waals surface area contributed by atoms with Gasteiger partial charge >= 0.3 is 12.1 Å². The third kappa shape index (κ3) is 9.90. The molecule has 0 aliphatic heterocycles. The Bertz CT molecular complexity index is 266. The van der Waals surface area contributed by atoms with Crippen LogP contribution in [0.1, 0.15) is 26.2 Å². The predicted octanol–water partition coefficient (Wildman–Crippen LogP) is 2.42. The molecule has 5 nitrogen and oxygen atoms in total. The van der Waals surface area contributed by atoms with Crippen LogP contribution in [0.4, 0.5) is 4.79 Å². The lowest BCUT2D eigenvalue weighted by Crippen LogP contribution is -2.42. The van der Waals surface area contributed by atoms with Crippen molar-refractivity contribution in [2.45, 2.75) is 32.2 Å². The van der Waals surface area contributed by atoms with Crippen LogP contribution in [0.2, 0.25) is 0 Å². The molecular weight excluding hydrogens is 290 g/mol. The molecule has 0 heterocycles. The topological polar surface area (TPSA) is 64.6 Å². The van der Waals surface area contributed by atoms with Crippen molar-refractivity contribution < 1.29 is 19.1 Å². The monoisotopic (exact) mass is 311 g/mol. The molecule has 0 aromatic rings. The van der Waals surface area contributed by atoms with Gasteiger partial charge in [0.15, 0.2) is 0 Å². The Kier molecular flexibility index (Phi) is 12.0. The minimum absolute atomic E-state index is 0.119. The molecule has 0 bridgehead atoms. The van der Waals surface area contributed by atoms with Crippen LogP contribution in [0.15, 0.2) is 0 Å². The van der Waals surface area contributed by atoms with Gasteiger partial charge < -0.3 is 14.8 Å². The summed E-state index contributed by atoms with van der Waals surface area (Å²) in [5.74, 6) is 0.568. The molecule has 0 radical (unpaired) electrons. The number of carbonyl (C=O) groups is 2. The number of thioether (sulfide) groups is 1. The highest BCUT2D eigenvalue weighted by Crippen LogP contribution is 2.04. The summed E-state index contributed by atoms with van der Waals surface area (Å²) in [7, 11) is 0. The van der Waals surface area contributed by atoms with Crippen molar-refractivity contribution in [3.8, 4) is 0 Å². The zero-order valence-corrected chi connectivity index (χ0v) is 13.0. The Hall–Kier alpha value is -0.620. The summed E-state index contributed by atoms with van der Waals surface area (Å²) in [6, 6.07) is -0.660. The molecule has 1 atom stereocenters. The summed E-state index contributed by atoms with van der Waals surface area (Å²) in [5.41, 5.74) is 0. The Balaban J connectivity index is 4.19. The molecule has 0 fully saturated rings. The number of amides is 1. The van der Waals surface area contributed by atoms with Crippen molar-refractivity contribution in [3.05, 3.63) is 0 Å². The number of unbranched alkanes of at least 4 members (excludes halogenated alkanes) is 1. The summed E-state index contributed by atoms with van der Waals surface area (Å²) in [5, 5.41) is 2.51. The van der Waals surface area contributed by atoms with Gasteiger partial charge in [0.05, 0.1) is 12.5 Å². The first-order chi connectivity index (χ1) is 9.15. The Morgan fingerprint density at radius 2 is 2.05 bits per heavy atom. The Labute approximate surface area is 123 Å². The summed E-state index contributed by atoms with van der Waals surface area (Å²) >= 11 is 7.01. The molecule has 7 heteroatoms. The number of hydrogen-bond acceptors (Lipinski definition) is 5. The van der Waals surface area contributed by atoms with Gasteiger partial charge in [0.25, 0.3) is 0 Å². The van der Waals surface area contributed by atoms with E-state index in [0.29, 0.717) is 13.0 Å². The first-order valence-electron chi connectivity index (χ1n) is 6.30. The average molecular weight is 312 g/mol. The molecule has 0 aliphatic carbocycles. The highest BCUT2D eigenvalue weighted by Gasteiger charge is 2.22. The minimum atomic E-state index is -0.660. The summed E-state index contributed by atoms with van der Waals surface area (Å²) in [6.45, 7) is 2.51. The molecule has 1 unspecified atom stereocenters. The first-order valence-corrected chi connectivity index (χ1v) is 8.23. The van der Waals surface area contributed by atoms with E-state index in [2.05, 4.69) is 5.32 Å². The summed E-state index contributed by atoms with van der Waals surface area (Å²) in [4.78, 5) is 23.2. The largest absolute Gasteiger partial charge is 0.464 e. The van der Waals surface area contributed by atoms with Crippen molar-refractivity contribution >= 4 is 35.4 Å². The zero-order chi connectivity index (χ0) is 14.5. The maximum atomic E-state index is 11.8. The highest BCUT2D eigenvalue weighted by molar-refractivity contribution is 7.98. The maximum absolute atomic E-state index is 11.8. The number of carbonyl (C=O) groups excluding carboxylic acids is 2. The van der Waals surface area contributed by atoms with Crippen LogP contribution in [-0.4, -0.2) is 49.2 Å². The standard InChI is InChI=1S/C12H22ClNO4S/c1-3-4-7-17-11(15)10(5-9-19-2)14-12(16)18-8-6-13/h10H,3-9H2,1-2H3,(H,14,16). The van der Waals surface area contributed by atoms with Gasteiger partial charge in [0.1, 0.15) is 12.6 Å². The predicted molar refractivity (Wildman–Crippen MR) is 77.9 cm³/mol. The van der Waals surface area contributed by atoms with Crippen molar-refractivity contribution in [3.63, 3.8) is 0 Å². The molecule has 0 spiro atoms. The smallest absolute Gasteiger partial charge is 0.407 e. The van der Waals surface area contributed by atoms with Crippen LogP contribution < -0.4 is 5.32 Å². The van der Waals surface area contributed by atoms with E-state index in [0.717, 1.165) is 18.6 Å². The molecule has 112 valence electrons. The fourth-order valence-electron chi connectivity index (χ4n) is 1.22. The number of rotatable bonds is 10. The number of alkyl carbamates (subject to hydrolysis) is 1. The second-order valence-corrected chi connectivity index (χ2v) is 5.19. The van der Waals surface area contributed by atoms with Crippen molar-refractivity contribution in [1.29, 1.82) is 0 Å². The van der Waals surface area contributed by atoms with Gasteiger partial charge in [-0.15, -0.1) is 11.6 Å². The molecule has 0 aromatic carbocycles. The van der Waals surface area contributed by atoms with Gasteiger partial charge in [-0.3, -0.25) is 0 Å². The third-order valence-corrected chi connectivity index (χ3v) is 3.04. The average Bonchev–Trinajstić information content (AvgIpc) is 2.41. The van der Waals surface area contributed by atoms with Crippen molar-refractivity contribution in [2.24, 2.45) is 0 Å². The molecule has 0 aliphatic rings. The zero-order valence-electron chi connectivity index (χ0n) is 11.4. The van der Waals surface area contributed by atoms with E-state index < -0.39 is 18.1 Å². The summed E-state index contributed by atoms with van der Waals surface area (Å²) in [6.07, 6.45) is 3.58. The van der Waals surface area contributed by atoms with E-state index in [1.165, 1.54) is 0 Å². The summed E-state index contributed by atoms with van der Waals surface area (Å²) < 4.78 is 9.88. The number of halogens is 1. The van der Waals surface area contributed by atoms with Gasteiger partial charge in [0, 0.05) is 0 Å². The number of hydrogen-bond donors (Lipinski definition) is 1. The molecule has 19 heavy (non-hydrogen) atoms. The van der Waals surface area contributed by atoms with Gasteiger partial charge in [-0.25, -0.2) is 9.59 Å². The maximum Gasteiger partial charge on any atom is 0.407 e. The minimum Gasteiger partial charge on any atom is -0.464 e. The Morgan fingerprint density at radius 3 is 2.63 bits per heavy atom. The molecule has 0 saturated carbocycles. The van der Waals surface area contributed by atoms with Crippen LogP contribution in [0.25, 0.3) is 0 Å². The van der Waals surface area contributed by atoms with E-state index in [1.807, 2.05) is 13.2 Å². The van der Waals surface area contributed by atoms with Crippen LogP contribution in [0.3, 0.4) is 0 Å². The molecule has 0 rings (SSSR count). The molecule has 1 N–H and O–H groups in total. The van der Waals surface area contributed by atoms with Crippen LogP contribution in [0, 0.1) is 0 Å². The van der Waals surface area contributed by atoms with Crippen LogP contribution in [-0.2, 0) is 14.3 Å². The fraction of sp³-hybridized carbons (Fsp3) is 0.833. The second kappa shape index (κ2) is 12.4. The molecule has 1 amide bonds. The number of ether oxygens (including phenoxy) is 2. The third-order valence-electron chi connectivity index (χ3n) is 2.24. The van der Waals surface area contributed by atoms with E-state index >= 15 is 0 Å². The molecular formula is C12H22ClNO4S. The van der Waals surface area contributed by atoms with Crippen molar-refractivity contribution in [2.75, 3.05) is 31.1 Å². The molecule has 0 aromatic heterocycles. The Morgan fingerprint density at radius 1 is 1.32 bits per heavy atom. The lowest BCUT2D eigenvalue weighted by atomic mass is 10.2. The second-order valence-electron chi connectivity index (χ2n) is 3.82. The van der Waals surface area contributed by atoms with E-state index in [4.69, 9.17) is 21.1 Å².